The molecule has 1 atom stereocenters. The number of amides is 2. The first-order valence-corrected chi connectivity index (χ1v) is 11.4. The Balaban J connectivity index is 1.83. The van der Waals surface area contributed by atoms with E-state index in [2.05, 4.69) is 15.0 Å². The van der Waals surface area contributed by atoms with Crippen molar-refractivity contribution in [3.05, 3.63) is 59.7 Å². The third-order valence-corrected chi connectivity index (χ3v) is 6.38. The molecule has 0 saturated heterocycles. The SMILES string of the molecule is CC(=O)N(C)Cc1cccc(NC(=O)[C@@H](N=C2NS(=O)(=O)c3ccccc32)C(C)C)c1. The summed E-state index contributed by atoms with van der Waals surface area (Å²) >= 11 is 0. The van der Waals surface area contributed by atoms with Crippen LogP contribution in [0, 0.1) is 5.92 Å². The zero-order chi connectivity index (χ0) is 22.8. The zero-order valence-corrected chi connectivity index (χ0v) is 18.7. The van der Waals surface area contributed by atoms with Crippen molar-refractivity contribution < 1.29 is 18.0 Å². The molecule has 3 rings (SSSR count). The van der Waals surface area contributed by atoms with Gasteiger partial charge in [0, 0.05) is 31.8 Å². The van der Waals surface area contributed by atoms with Crippen LogP contribution in [0.1, 0.15) is 31.9 Å². The number of aliphatic imine (C=N–C) groups is 1. The summed E-state index contributed by atoms with van der Waals surface area (Å²) in [6, 6.07) is 13.0. The normalized spacial score (nSPS) is 16.5. The molecule has 9 heteroatoms. The van der Waals surface area contributed by atoms with Gasteiger partial charge in [0.2, 0.25) is 11.8 Å². The number of nitrogens with zero attached hydrogens (tertiary/aromatic N) is 2. The molecule has 0 radical (unpaired) electrons. The van der Waals surface area contributed by atoms with E-state index in [0.717, 1.165) is 5.56 Å². The summed E-state index contributed by atoms with van der Waals surface area (Å²) in [5, 5.41) is 2.86. The van der Waals surface area contributed by atoms with Crippen LogP contribution < -0.4 is 10.0 Å². The largest absolute Gasteiger partial charge is 0.342 e. The molecule has 0 aromatic heterocycles. The Hall–Kier alpha value is -3.20. The maximum absolute atomic E-state index is 13.0. The second-order valence-electron chi connectivity index (χ2n) is 7.83. The Morgan fingerprint density at radius 2 is 1.84 bits per heavy atom. The number of nitrogens with one attached hydrogen (secondary N) is 2. The average molecular weight is 443 g/mol. The number of hydrogen-bond acceptors (Lipinski definition) is 5. The second-order valence-corrected chi connectivity index (χ2v) is 9.48. The third-order valence-electron chi connectivity index (χ3n) is 4.98. The highest BCUT2D eigenvalue weighted by atomic mass is 32.2. The maximum Gasteiger partial charge on any atom is 0.263 e. The van der Waals surface area contributed by atoms with Gasteiger partial charge < -0.3 is 10.2 Å². The average Bonchev–Trinajstić information content (AvgIpc) is 2.96. The highest BCUT2D eigenvalue weighted by Crippen LogP contribution is 2.24. The van der Waals surface area contributed by atoms with Gasteiger partial charge in [0.1, 0.15) is 11.9 Å². The standard InChI is InChI=1S/C22H26N4O4S/c1-14(2)20(24-21-18-10-5-6-11-19(18)31(29,30)25-21)22(28)23-17-9-7-8-16(12-17)13-26(4)15(3)27/h5-12,14,20H,13H2,1-4H3,(H,23,28)(H,24,25)/t20-/m0/s1. The molecule has 2 aromatic carbocycles. The predicted molar refractivity (Wildman–Crippen MR) is 119 cm³/mol. The fourth-order valence-electron chi connectivity index (χ4n) is 3.23. The zero-order valence-electron chi connectivity index (χ0n) is 17.9. The van der Waals surface area contributed by atoms with Gasteiger partial charge in [0.25, 0.3) is 10.0 Å². The molecule has 0 saturated carbocycles. The molecule has 1 aliphatic rings. The maximum atomic E-state index is 13.0. The minimum absolute atomic E-state index is 0.0515. The molecule has 2 aromatic rings. The molecular weight excluding hydrogens is 416 g/mol. The number of amidine groups is 1. The summed E-state index contributed by atoms with van der Waals surface area (Å²) in [7, 11) is -1.97. The summed E-state index contributed by atoms with van der Waals surface area (Å²) in [6.45, 7) is 5.62. The number of carbonyl (C=O) groups excluding carboxylic acids is 2. The second kappa shape index (κ2) is 8.89. The van der Waals surface area contributed by atoms with Crippen LogP contribution in [0.4, 0.5) is 5.69 Å². The van der Waals surface area contributed by atoms with Crippen molar-refractivity contribution in [2.24, 2.45) is 10.9 Å². The Morgan fingerprint density at radius 3 is 2.52 bits per heavy atom. The van der Waals surface area contributed by atoms with E-state index in [1.165, 1.54) is 13.0 Å². The molecule has 0 bridgehead atoms. The van der Waals surface area contributed by atoms with Gasteiger partial charge in [-0.3, -0.25) is 19.3 Å². The molecule has 1 heterocycles. The monoisotopic (exact) mass is 442 g/mol. The highest BCUT2D eigenvalue weighted by molar-refractivity contribution is 7.90. The molecule has 0 spiro atoms. The summed E-state index contributed by atoms with van der Waals surface area (Å²) in [4.78, 5) is 30.7. The Bertz CT molecular complexity index is 1140. The van der Waals surface area contributed by atoms with Gasteiger partial charge in [-0.25, -0.2) is 8.42 Å². The van der Waals surface area contributed by atoms with Crippen molar-refractivity contribution >= 4 is 33.4 Å². The molecule has 0 aliphatic carbocycles. The third kappa shape index (κ3) is 5.11. The van der Waals surface area contributed by atoms with Gasteiger partial charge in [0.15, 0.2) is 0 Å². The van der Waals surface area contributed by atoms with Crippen LogP contribution in [-0.2, 0) is 26.2 Å². The van der Waals surface area contributed by atoms with Gasteiger partial charge in [-0.1, -0.05) is 38.1 Å². The minimum atomic E-state index is -3.68. The molecule has 2 N–H and O–H groups in total. The lowest BCUT2D eigenvalue weighted by Gasteiger charge is -2.18. The van der Waals surface area contributed by atoms with E-state index in [1.807, 2.05) is 19.9 Å². The Kier molecular flexibility index (Phi) is 6.45. The molecule has 2 amide bonds. The fraction of sp³-hybridized carbons (Fsp3) is 0.318. The number of carbonyl (C=O) groups is 2. The van der Waals surface area contributed by atoms with Gasteiger partial charge in [-0.15, -0.1) is 0 Å². The van der Waals surface area contributed by atoms with E-state index >= 15 is 0 Å². The first kappa shape index (κ1) is 22.5. The topological polar surface area (TPSA) is 108 Å². The minimum Gasteiger partial charge on any atom is -0.342 e. The highest BCUT2D eigenvalue weighted by Gasteiger charge is 2.32. The van der Waals surface area contributed by atoms with Crippen LogP contribution in [0.5, 0.6) is 0 Å². The molecule has 31 heavy (non-hydrogen) atoms. The predicted octanol–water partition coefficient (Wildman–Crippen LogP) is 2.37. The smallest absolute Gasteiger partial charge is 0.263 e. The van der Waals surface area contributed by atoms with Crippen LogP contribution in [-0.4, -0.2) is 44.1 Å². The van der Waals surface area contributed by atoms with Gasteiger partial charge in [-0.05, 0) is 35.7 Å². The van der Waals surface area contributed by atoms with Crippen molar-refractivity contribution in [1.29, 1.82) is 0 Å². The van der Waals surface area contributed by atoms with Crippen molar-refractivity contribution in [2.45, 2.75) is 38.3 Å². The van der Waals surface area contributed by atoms with E-state index in [1.54, 1.807) is 48.3 Å². The molecule has 1 aliphatic heterocycles. The summed E-state index contributed by atoms with van der Waals surface area (Å²) in [6.07, 6.45) is 0. The summed E-state index contributed by atoms with van der Waals surface area (Å²) < 4.78 is 27.1. The number of sulfonamides is 1. The lowest BCUT2D eigenvalue weighted by Crippen LogP contribution is -2.34. The van der Waals surface area contributed by atoms with Gasteiger partial charge in [-0.2, -0.15) is 0 Å². The van der Waals surface area contributed by atoms with E-state index in [-0.39, 0.29) is 28.5 Å². The van der Waals surface area contributed by atoms with Crippen molar-refractivity contribution in [1.82, 2.24) is 9.62 Å². The lowest BCUT2D eigenvalue weighted by atomic mass is 10.0. The van der Waals surface area contributed by atoms with Crippen molar-refractivity contribution in [2.75, 3.05) is 12.4 Å². The molecule has 0 unspecified atom stereocenters. The molecule has 8 nitrogen and oxygen atoms in total. The van der Waals surface area contributed by atoms with E-state index in [4.69, 9.17) is 0 Å². The number of anilines is 1. The first-order chi connectivity index (χ1) is 14.6. The van der Waals surface area contributed by atoms with Crippen molar-refractivity contribution in [3.8, 4) is 0 Å². The lowest BCUT2D eigenvalue weighted by molar-refractivity contribution is -0.128. The summed E-state index contributed by atoms with van der Waals surface area (Å²) in [5.41, 5.74) is 1.91. The molecular formula is C22H26N4O4S. The fourth-order valence-corrected chi connectivity index (χ4v) is 4.47. The van der Waals surface area contributed by atoms with Crippen LogP contribution in [0.2, 0.25) is 0 Å². The van der Waals surface area contributed by atoms with Gasteiger partial charge in [0.05, 0.1) is 4.90 Å². The number of rotatable bonds is 6. The Morgan fingerprint density at radius 1 is 1.13 bits per heavy atom. The van der Waals surface area contributed by atoms with Gasteiger partial charge >= 0.3 is 0 Å². The number of hydrogen-bond donors (Lipinski definition) is 2. The van der Waals surface area contributed by atoms with E-state index in [9.17, 15) is 18.0 Å². The van der Waals surface area contributed by atoms with Crippen LogP contribution >= 0.6 is 0 Å². The molecule has 164 valence electrons. The van der Waals surface area contributed by atoms with E-state index < -0.39 is 16.1 Å². The number of fused-ring (bicyclic) bond motifs is 1. The van der Waals surface area contributed by atoms with Crippen molar-refractivity contribution in [3.63, 3.8) is 0 Å². The van der Waals surface area contributed by atoms with Crippen LogP contribution in [0.3, 0.4) is 0 Å². The first-order valence-electron chi connectivity index (χ1n) is 9.90. The molecule has 0 fully saturated rings. The summed E-state index contributed by atoms with van der Waals surface area (Å²) in [5.74, 6) is -0.398. The van der Waals surface area contributed by atoms with E-state index in [0.29, 0.717) is 17.8 Å². The van der Waals surface area contributed by atoms with Crippen LogP contribution in [0.25, 0.3) is 0 Å². The Labute approximate surface area is 182 Å². The quantitative estimate of drug-likeness (QED) is 0.716. The van der Waals surface area contributed by atoms with Crippen LogP contribution in [0.15, 0.2) is 58.4 Å². The number of benzene rings is 2.